The second-order valence-corrected chi connectivity index (χ2v) is 7.30. The molecular formula is C23H21FN4O. The summed E-state index contributed by atoms with van der Waals surface area (Å²) >= 11 is 0. The normalized spacial score (nSPS) is 13.2. The second-order valence-electron chi connectivity index (χ2n) is 7.30. The Morgan fingerprint density at radius 2 is 1.93 bits per heavy atom. The van der Waals surface area contributed by atoms with Crippen LogP contribution in [0.2, 0.25) is 0 Å². The van der Waals surface area contributed by atoms with Gasteiger partial charge in [0.25, 0.3) is 0 Å². The fourth-order valence-corrected chi connectivity index (χ4v) is 3.94. The van der Waals surface area contributed by atoms with Crippen molar-refractivity contribution in [1.29, 1.82) is 0 Å². The summed E-state index contributed by atoms with van der Waals surface area (Å²) in [5, 5.41) is 1.13. The summed E-state index contributed by atoms with van der Waals surface area (Å²) in [5.74, 6) is 1.63. The van der Waals surface area contributed by atoms with Gasteiger partial charge in [-0.1, -0.05) is 24.3 Å². The molecular weight excluding hydrogens is 367 g/mol. The molecule has 0 aliphatic carbocycles. The maximum Gasteiger partial charge on any atom is 0.239 e. The van der Waals surface area contributed by atoms with Gasteiger partial charge < -0.3 is 9.64 Å². The van der Waals surface area contributed by atoms with Gasteiger partial charge in [0.05, 0.1) is 17.7 Å². The van der Waals surface area contributed by atoms with E-state index in [2.05, 4.69) is 18.2 Å². The van der Waals surface area contributed by atoms with Crippen molar-refractivity contribution in [3.63, 3.8) is 0 Å². The van der Waals surface area contributed by atoms with Crippen molar-refractivity contribution in [3.8, 4) is 11.8 Å². The Morgan fingerprint density at radius 1 is 1.07 bits per heavy atom. The van der Waals surface area contributed by atoms with Crippen molar-refractivity contribution < 1.29 is 9.13 Å². The quantitative estimate of drug-likeness (QED) is 0.497. The summed E-state index contributed by atoms with van der Waals surface area (Å²) in [4.78, 5) is 11.6. The minimum atomic E-state index is -0.277. The number of fused-ring (bicyclic) bond motifs is 2. The number of hydrogen-bond donors (Lipinski definition) is 0. The van der Waals surface area contributed by atoms with Gasteiger partial charge in [0, 0.05) is 23.8 Å². The van der Waals surface area contributed by atoms with Crippen LogP contribution in [-0.4, -0.2) is 28.2 Å². The molecule has 5 rings (SSSR count). The van der Waals surface area contributed by atoms with Crippen molar-refractivity contribution >= 4 is 22.4 Å². The van der Waals surface area contributed by atoms with E-state index >= 15 is 0 Å². The predicted molar refractivity (Wildman–Crippen MR) is 112 cm³/mol. The topological polar surface area (TPSA) is 43.2 Å². The van der Waals surface area contributed by atoms with Gasteiger partial charge in [-0.3, -0.25) is 4.57 Å². The number of nitrogens with zero attached hydrogens (tertiary/aromatic N) is 4. The van der Waals surface area contributed by atoms with Gasteiger partial charge in [-0.25, -0.2) is 4.39 Å². The molecule has 0 fully saturated rings. The lowest BCUT2D eigenvalue weighted by molar-refractivity contribution is 0.275. The van der Waals surface area contributed by atoms with Gasteiger partial charge in [-0.05, 0) is 50.1 Å². The molecule has 2 aromatic heterocycles. The van der Waals surface area contributed by atoms with E-state index in [0.717, 1.165) is 46.5 Å². The number of ether oxygens (including phenoxy) is 1. The van der Waals surface area contributed by atoms with Gasteiger partial charge in [-0.2, -0.15) is 9.97 Å². The van der Waals surface area contributed by atoms with E-state index in [1.165, 1.54) is 12.1 Å². The number of benzene rings is 2. The standard InChI is InChI=1S/C23H21FN4O/c1-15-13-16-7-3-4-11-20(16)28(15)23-25-21(19-10-6-12-29-22(19)26-23)27(2)18-9-5-8-17(24)14-18/h3-5,7-9,11,13-14H,6,10,12H2,1-2H3. The zero-order valence-corrected chi connectivity index (χ0v) is 16.4. The van der Waals surface area contributed by atoms with Gasteiger partial charge in [0.1, 0.15) is 11.6 Å². The number of aromatic nitrogens is 3. The van der Waals surface area contributed by atoms with Crippen molar-refractivity contribution in [1.82, 2.24) is 14.5 Å². The molecule has 4 aromatic rings. The third-order valence-electron chi connectivity index (χ3n) is 5.35. The highest BCUT2D eigenvalue weighted by atomic mass is 19.1. The fraction of sp³-hybridized carbons (Fsp3) is 0.217. The monoisotopic (exact) mass is 388 g/mol. The van der Waals surface area contributed by atoms with Crippen LogP contribution in [0, 0.1) is 12.7 Å². The molecule has 0 radical (unpaired) electrons. The van der Waals surface area contributed by atoms with E-state index in [9.17, 15) is 4.39 Å². The largest absolute Gasteiger partial charge is 0.477 e. The maximum atomic E-state index is 13.8. The van der Waals surface area contributed by atoms with Crippen molar-refractivity contribution in [2.24, 2.45) is 0 Å². The van der Waals surface area contributed by atoms with Crippen LogP contribution in [0.1, 0.15) is 17.7 Å². The van der Waals surface area contributed by atoms with Crippen LogP contribution >= 0.6 is 0 Å². The fourth-order valence-electron chi connectivity index (χ4n) is 3.94. The highest BCUT2D eigenvalue weighted by Crippen LogP contribution is 2.35. The third-order valence-corrected chi connectivity index (χ3v) is 5.35. The Morgan fingerprint density at radius 3 is 2.79 bits per heavy atom. The predicted octanol–water partition coefficient (Wildman–Crippen LogP) is 4.96. The lowest BCUT2D eigenvalue weighted by Gasteiger charge is -2.26. The zero-order chi connectivity index (χ0) is 20.0. The molecule has 0 spiro atoms. The molecule has 5 nitrogen and oxygen atoms in total. The summed E-state index contributed by atoms with van der Waals surface area (Å²) in [6.45, 7) is 2.68. The Balaban J connectivity index is 1.72. The van der Waals surface area contributed by atoms with Crippen LogP contribution in [0.3, 0.4) is 0 Å². The van der Waals surface area contributed by atoms with Crippen molar-refractivity contribution in [2.45, 2.75) is 19.8 Å². The number of para-hydroxylation sites is 1. The van der Waals surface area contributed by atoms with Crippen molar-refractivity contribution in [3.05, 3.63) is 71.7 Å². The molecule has 146 valence electrons. The van der Waals surface area contributed by atoms with Crippen LogP contribution in [0.25, 0.3) is 16.9 Å². The van der Waals surface area contributed by atoms with Gasteiger partial charge >= 0.3 is 0 Å². The summed E-state index contributed by atoms with van der Waals surface area (Å²) in [7, 11) is 1.90. The first kappa shape index (κ1) is 17.7. The minimum Gasteiger partial charge on any atom is -0.477 e. The second kappa shape index (κ2) is 6.88. The molecule has 0 amide bonds. The Bertz CT molecular complexity index is 1220. The molecule has 1 aliphatic heterocycles. The number of halogens is 1. The average Bonchev–Trinajstić information content (AvgIpc) is 3.08. The van der Waals surface area contributed by atoms with Crippen LogP contribution < -0.4 is 9.64 Å². The Hall–Kier alpha value is -3.41. The van der Waals surface area contributed by atoms with Crippen molar-refractivity contribution in [2.75, 3.05) is 18.6 Å². The number of rotatable bonds is 3. The van der Waals surface area contributed by atoms with Gasteiger partial charge in [0.15, 0.2) is 0 Å². The lowest BCUT2D eigenvalue weighted by atomic mass is 10.1. The van der Waals surface area contributed by atoms with Crippen LogP contribution in [-0.2, 0) is 6.42 Å². The summed E-state index contributed by atoms with van der Waals surface area (Å²) in [6.07, 6.45) is 1.74. The molecule has 1 aliphatic rings. The Kier molecular flexibility index (Phi) is 4.19. The first-order valence-electron chi connectivity index (χ1n) is 9.72. The van der Waals surface area contributed by atoms with E-state index in [1.807, 2.05) is 41.6 Å². The van der Waals surface area contributed by atoms with Gasteiger partial charge in [0.2, 0.25) is 11.8 Å². The highest BCUT2D eigenvalue weighted by Gasteiger charge is 2.24. The van der Waals surface area contributed by atoms with Crippen LogP contribution in [0.5, 0.6) is 5.88 Å². The van der Waals surface area contributed by atoms with E-state index in [0.29, 0.717) is 18.4 Å². The van der Waals surface area contributed by atoms with Crippen LogP contribution in [0.4, 0.5) is 15.9 Å². The first-order chi connectivity index (χ1) is 14.1. The van der Waals surface area contributed by atoms with Crippen LogP contribution in [0.15, 0.2) is 54.6 Å². The summed E-state index contributed by atoms with van der Waals surface area (Å²) < 4.78 is 21.8. The van der Waals surface area contributed by atoms with E-state index in [4.69, 9.17) is 14.7 Å². The molecule has 0 atom stereocenters. The molecule has 0 N–H and O–H groups in total. The molecule has 29 heavy (non-hydrogen) atoms. The van der Waals surface area contributed by atoms with Gasteiger partial charge in [-0.15, -0.1) is 0 Å². The minimum absolute atomic E-state index is 0.277. The maximum absolute atomic E-state index is 13.8. The number of hydrogen-bond acceptors (Lipinski definition) is 4. The lowest BCUT2D eigenvalue weighted by Crippen LogP contribution is -2.20. The summed E-state index contributed by atoms with van der Waals surface area (Å²) in [5.41, 5.74) is 3.78. The molecule has 6 heteroatoms. The number of anilines is 2. The third kappa shape index (κ3) is 3.01. The molecule has 0 saturated heterocycles. The molecule has 3 heterocycles. The first-order valence-corrected chi connectivity index (χ1v) is 9.72. The molecule has 0 saturated carbocycles. The zero-order valence-electron chi connectivity index (χ0n) is 16.4. The van der Waals surface area contributed by atoms with E-state index in [-0.39, 0.29) is 5.82 Å². The Labute approximate surface area is 168 Å². The molecule has 2 aromatic carbocycles. The van der Waals surface area contributed by atoms with E-state index < -0.39 is 0 Å². The highest BCUT2D eigenvalue weighted by molar-refractivity contribution is 5.82. The number of aryl methyl sites for hydroxylation is 1. The SMILES string of the molecule is Cc1cc2ccccc2n1-c1nc2c(c(N(C)c3cccc(F)c3)n1)CCCO2. The average molecular weight is 388 g/mol. The summed E-state index contributed by atoms with van der Waals surface area (Å²) in [6, 6.07) is 16.8. The molecule has 0 bridgehead atoms. The van der Waals surface area contributed by atoms with E-state index in [1.54, 1.807) is 6.07 Å². The smallest absolute Gasteiger partial charge is 0.239 e. The molecule has 0 unspecified atom stereocenters.